The molecular formula is C28H19NO5S. The maximum atomic E-state index is 14.1. The second-order valence-corrected chi connectivity index (χ2v) is 9.17. The quantitative estimate of drug-likeness (QED) is 0.372. The molecule has 0 atom stereocenters. The number of pyridine rings is 1. The van der Waals surface area contributed by atoms with Crippen molar-refractivity contribution in [2.45, 2.75) is 16.2 Å². The van der Waals surface area contributed by atoms with Crippen LogP contribution in [0.1, 0.15) is 5.56 Å². The summed E-state index contributed by atoms with van der Waals surface area (Å²) in [6.45, 7) is 0.330. The van der Waals surface area contributed by atoms with Gasteiger partial charge < -0.3 is 14.3 Å². The van der Waals surface area contributed by atoms with E-state index < -0.39 is 11.2 Å². The van der Waals surface area contributed by atoms with Crippen molar-refractivity contribution in [3.8, 4) is 28.4 Å². The SMILES string of the molecule is O=c1oc2c3c(n(-c4ccccc4)c(=O)c2c(O)c1Sc1ccccc1)-c1ccccc1OCC3. The third-order valence-electron chi connectivity index (χ3n) is 5.99. The lowest BCUT2D eigenvalue weighted by Gasteiger charge is -2.19. The van der Waals surface area contributed by atoms with Gasteiger partial charge in [0, 0.05) is 28.1 Å². The van der Waals surface area contributed by atoms with Gasteiger partial charge in [0.05, 0.1) is 12.3 Å². The van der Waals surface area contributed by atoms with E-state index in [2.05, 4.69) is 0 Å². The number of para-hydroxylation sites is 2. The lowest BCUT2D eigenvalue weighted by atomic mass is 10.00. The first kappa shape index (κ1) is 21.3. The number of hydrogen-bond donors (Lipinski definition) is 1. The summed E-state index contributed by atoms with van der Waals surface area (Å²) in [5.74, 6) is 0.263. The number of benzene rings is 3. The molecule has 6 rings (SSSR count). The molecule has 0 aliphatic carbocycles. The minimum Gasteiger partial charge on any atom is -0.505 e. The molecule has 7 heteroatoms. The monoisotopic (exact) mass is 481 g/mol. The molecule has 0 spiro atoms. The number of nitrogens with zero attached hydrogens (tertiary/aromatic N) is 1. The van der Waals surface area contributed by atoms with Crippen LogP contribution in [-0.4, -0.2) is 16.3 Å². The Morgan fingerprint density at radius 2 is 1.54 bits per heavy atom. The second-order valence-electron chi connectivity index (χ2n) is 8.08. The molecule has 1 N–H and O–H groups in total. The van der Waals surface area contributed by atoms with Crippen LogP contribution in [0.5, 0.6) is 11.5 Å². The Morgan fingerprint density at radius 1 is 0.857 bits per heavy atom. The third kappa shape index (κ3) is 3.52. The van der Waals surface area contributed by atoms with E-state index in [9.17, 15) is 14.7 Å². The number of fused-ring (bicyclic) bond motifs is 5. The van der Waals surface area contributed by atoms with Gasteiger partial charge in [0.15, 0.2) is 11.3 Å². The Labute approximate surface area is 204 Å². The molecule has 0 unspecified atom stereocenters. The van der Waals surface area contributed by atoms with Gasteiger partial charge in [-0.25, -0.2) is 4.79 Å². The van der Waals surface area contributed by atoms with Crippen molar-refractivity contribution in [1.82, 2.24) is 4.57 Å². The van der Waals surface area contributed by atoms with E-state index in [0.717, 1.165) is 16.7 Å². The molecule has 2 aromatic heterocycles. The number of aromatic hydroxyl groups is 1. The molecule has 1 aliphatic rings. The summed E-state index contributed by atoms with van der Waals surface area (Å²) in [5.41, 5.74) is 1.50. The second kappa shape index (κ2) is 8.52. The Hall–Kier alpha value is -4.23. The Bertz CT molecular complexity index is 1690. The highest BCUT2D eigenvalue weighted by atomic mass is 32.2. The van der Waals surface area contributed by atoms with Crippen LogP contribution in [0.15, 0.2) is 109 Å². The maximum Gasteiger partial charge on any atom is 0.354 e. The lowest BCUT2D eigenvalue weighted by Crippen LogP contribution is -2.23. The highest BCUT2D eigenvalue weighted by molar-refractivity contribution is 7.99. The first-order valence-corrected chi connectivity index (χ1v) is 11.9. The summed E-state index contributed by atoms with van der Waals surface area (Å²) in [4.78, 5) is 27.8. The lowest BCUT2D eigenvalue weighted by molar-refractivity contribution is 0.326. The molecule has 3 aromatic carbocycles. The summed E-state index contributed by atoms with van der Waals surface area (Å²) >= 11 is 1.07. The van der Waals surface area contributed by atoms with E-state index in [4.69, 9.17) is 9.15 Å². The predicted molar refractivity (Wildman–Crippen MR) is 135 cm³/mol. The van der Waals surface area contributed by atoms with E-state index >= 15 is 0 Å². The van der Waals surface area contributed by atoms with Crippen molar-refractivity contribution in [3.63, 3.8) is 0 Å². The van der Waals surface area contributed by atoms with Gasteiger partial charge in [-0.2, -0.15) is 0 Å². The predicted octanol–water partition coefficient (Wildman–Crippen LogP) is 5.40. The summed E-state index contributed by atoms with van der Waals surface area (Å²) in [6.07, 6.45) is 0.390. The molecule has 0 fully saturated rings. The number of hydrogen-bond acceptors (Lipinski definition) is 6. The fraction of sp³-hybridized carbons (Fsp3) is 0.0714. The molecule has 3 heterocycles. The fourth-order valence-electron chi connectivity index (χ4n) is 4.46. The average molecular weight is 482 g/mol. The molecule has 6 nitrogen and oxygen atoms in total. The molecule has 35 heavy (non-hydrogen) atoms. The van der Waals surface area contributed by atoms with Crippen molar-refractivity contribution < 1.29 is 14.3 Å². The van der Waals surface area contributed by atoms with E-state index in [0.29, 0.717) is 41.3 Å². The van der Waals surface area contributed by atoms with Crippen LogP contribution in [0.4, 0.5) is 0 Å². The van der Waals surface area contributed by atoms with Crippen LogP contribution in [0.25, 0.3) is 27.9 Å². The van der Waals surface area contributed by atoms with Gasteiger partial charge in [0.2, 0.25) is 0 Å². The van der Waals surface area contributed by atoms with Crippen molar-refractivity contribution in [3.05, 3.63) is 111 Å². The van der Waals surface area contributed by atoms with Crippen molar-refractivity contribution in [2.24, 2.45) is 0 Å². The zero-order chi connectivity index (χ0) is 23.9. The van der Waals surface area contributed by atoms with Crippen LogP contribution in [-0.2, 0) is 6.42 Å². The normalized spacial score (nSPS) is 12.5. The minimum atomic E-state index is -0.693. The van der Waals surface area contributed by atoms with Crippen molar-refractivity contribution >= 4 is 22.7 Å². The molecule has 0 saturated carbocycles. The number of aromatic nitrogens is 1. The Morgan fingerprint density at radius 3 is 2.31 bits per heavy atom. The van der Waals surface area contributed by atoms with Crippen LogP contribution in [0.3, 0.4) is 0 Å². The molecule has 0 amide bonds. The standard InChI is InChI=1S/C28H19NO5S/c30-24-22-25(34-28(32)26(24)35-18-11-5-2-6-12-18)20-15-16-33-21-14-8-7-13-19(21)23(20)29(27(22)31)17-9-3-1-4-10-17/h1-14,30H,15-16H2. The molecule has 0 bridgehead atoms. The van der Waals surface area contributed by atoms with Gasteiger partial charge in [-0.1, -0.05) is 60.3 Å². The zero-order valence-corrected chi connectivity index (χ0v) is 19.2. The molecular weight excluding hydrogens is 462 g/mol. The van der Waals surface area contributed by atoms with Gasteiger partial charge in [0.1, 0.15) is 16.0 Å². The largest absolute Gasteiger partial charge is 0.505 e. The molecule has 0 saturated heterocycles. The summed E-state index contributed by atoms with van der Waals surface area (Å²) in [6, 6.07) is 25.9. The molecule has 172 valence electrons. The first-order chi connectivity index (χ1) is 17.1. The van der Waals surface area contributed by atoms with E-state index in [1.54, 1.807) is 4.57 Å². The Balaban J connectivity index is 1.74. The Kier molecular flexibility index (Phi) is 5.19. The van der Waals surface area contributed by atoms with Crippen LogP contribution >= 0.6 is 11.8 Å². The summed E-state index contributed by atoms with van der Waals surface area (Å²) < 4.78 is 13.3. The fourth-order valence-corrected chi connectivity index (χ4v) is 5.31. The highest BCUT2D eigenvalue weighted by Crippen LogP contribution is 2.41. The number of rotatable bonds is 3. The van der Waals surface area contributed by atoms with Crippen molar-refractivity contribution in [1.29, 1.82) is 0 Å². The highest BCUT2D eigenvalue weighted by Gasteiger charge is 2.29. The zero-order valence-electron chi connectivity index (χ0n) is 18.4. The molecule has 1 aliphatic heterocycles. The third-order valence-corrected chi connectivity index (χ3v) is 7.06. The maximum absolute atomic E-state index is 14.1. The van der Waals surface area contributed by atoms with E-state index in [1.165, 1.54) is 0 Å². The summed E-state index contributed by atoms with van der Waals surface area (Å²) in [7, 11) is 0. The van der Waals surface area contributed by atoms with Crippen LogP contribution in [0.2, 0.25) is 0 Å². The molecule has 0 radical (unpaired) electrons. The van der Waals surface area contributed by atoms with Gasteiger partial charge in [-0.15, -0.1) is 0 Å². The van der Waals surface area contributed by atoms with Crippen molar-refractivity contribution in [2.75, 3.05) is 6.61 Å². The molecule has 5 aromatic rings. The smallest absolute Gasteiger partial charge is 0.354 e. The van der Waals surface area contributed by atoms with Gasteiger partial charge in [-0.05, 0) is 36.4 Å². The van der Waals surface area contributed by atoms with Gasteiger partial charge in [-0.3, -0.25) is 9.36 Å². The summed E-state index contributed by atoms with van der Waals surface area (Å²) in [5, 5.41) is 11.3. The topological polar surface area (TPSA) is 81.7 Å². The minimum absolute atomic E-state index is 0.0226. The average Bonchev–Trinajstić information content (AvgIpc) is 3.08. The van der Waals surface area contributed by atoms with Crippen LogP contribution in [0, 0.1) is 0 Å². The number of ether oxygens (including phenoxy) is 1. The van der Waals surface area contributed by atoms with E-state index in [1.807, 2.05) is 84.9 Å². The first-order valence-electron chi connectivity index (χ1n) is 11.1. The van der Waals surface area contributed by atoms with E-state index in [-0.39, 0.29) is 21.6 Å². The van der Waals surface area contributed by atoms with Crippen LogP contribution < -0.4 is 15.9 Å². The van der Waals surface area contributed by atoms with Gasteiger partial charge >= 0.3 is 5.63 Å². The van der Waals surface area contributed by atoms with Gasteiger partial charge in [0.25, 0.3) is 5.56 Å².